The van der Waals surface area contributed by atoms with E-state index < -0.39 is 5.97 Å². The van der Waals surface area contributed by atoms with Crippen LogP contribution in [-0.4, -0.2) is 27.8 Å². The molecular weight excluding hydrogens is 160 g/mol. The molecule has 1 aromatic rings. The maximum Gasteiger partial charge on any atom is 0.395 e. The summed E-state index contributed by atoms with van der Waals surface area (Å²) < 4.78 is 4.60. The molecule has 0 spiro atoms. The van der Waals surface area contributed by atoms with Crippen LogP contribution in [0.15, 0.2) is 0 Å². The molecule has 0 amide bonds. The Morgan fingerprint density at radius 2 is 2.58 bits per heavy atom. The first-order valence-electron chi connectivity index (χ1n) is 3.25. The van der Waals surface area contributed by atoms with Crippen LogP contribution < -0.4 is 0 Å². The average Bonchev–Trinajstić information content (AvgIpc) is 2.52. The Morgan fingerprint density at radius 3 is 3.08 bits per heavy atom. The molecule has 0 unspecified atom stereocenters. The van der Waals surface area contributed by atoms with Gasteiger partial charge < -0.3 is 9.58 Å². The van der Waals surface area contributed by atoms with Crippen molar-refractivity contribution < 1.29 is 9.53 Å². The largest absolute Gasteiger partial charge is 0.459 e. The normalized spacial score (nSPS) is 9.00. The van der Waals surface area contributed by atoms with E-state index in [0.717, 1.165) is 0 Å². The molecule has 0 radical (unpaired) electrons. The van der Waals surface area contributed by atoms with Crippen LogP contribution in [-0.2, 0) is 4.74 Å². The minimum Gasteiger partial charge on any atom is -0.459 e. The monoisotopic (exact) mass is 166 g/mol. The maximum absolute atomic E-state index is 10.9. The molecule has 0 aliphatic rings. The fourth-order valence-electron chi connectivity index (χ4n) is 0.590. The van der Waals surface area contributed by atoms with Gasteiger partial charge in [-0.1, -0.05) is 5.10 Å². The highest BCUT2D eigenvalue weighted by molar-refractivity contribution is 5.85. The van der Waals surface area contributed by atoms with Gasteiger partial charge in [-0.2, -0.15) is 0 Å². The van der Waals surface area contributed by atoms with Gasteiger partial charge in [0, 0.05) is 0 Å². The molecule has 0 aromatic carbocycles. The van der Waals surface area contributed by atoms with Crippen molar-refractivity contribution in [2.24, 2.45) is 0 Å². The summed E-state index contributed by atoms with van der Waals surface area (Å²) in [5.74, 6) is -0.746. The number of hydrogen-bond acceptors (Lipinski definition) is 4. The second-order valence-corrected chi connectivity index (χ2v) is 1.81. The van der Waals surface area contributed by atoms with Crippen molar-refractivity contribution >= 4 is 11.9 Å². The highest BCUT2D eigenvalue weighted by atomic mass is 16.5. The number of carbonyl (C=O) groups is 1. The van der Waals surface area contributed by atoms with Crippen molar-refractivity contribution in [3.8, 4) is 0 Å². The summed E-state index contributed by atoms with van der Waals surface area (Å²) in [6, 6.07) is 0. The third-order valence-corrected chi connectivity index (χ3v) is 1.04. The predicted molar refractivity (Wildman–Crippen MR) is 38.6 cm³/mol. The quantitative estimate of drug-likeness (QED) is 0.513. The van der Waals surface area contributed by atoms with E-state index >= 15 is 0 Å². The number of aromatic amines is 1. The molecule has 0 aliphatic heterocycles. The standard InChI is InChI=1S/C6H6N4O2/c1-3-12-5(11)4-8-6(7-2)10-9-4/h3H2,1H3,(H,8,9,10). The van der Waals surface area contributed by atoms with Crippen LogP contribution in [0.5, 0.6) is 0 Å². The van der Waals surface area contributed by atoms with Crippen molar-refractivity contribution in [1.82, 2.24) is 15.2 Å². The van der Waals surface area contributed by atoms with Gasteiger partial charge in [0.05, 0.1) is 6.61 Å². The summed E-state index contributed by atoms with van der Waals surface area (Å²) in [6.45, 7) is 8.48. The zero-order valence-electron chi connectivity index (χ0n) is 6.37. The Kier molecular flexibility index (Phi) is 2.38. The van der Waals surface area contributed by atoms with Crippen LogP contribution in [0, 0.1) is 6.57 Å². The first-order valence-corrected chi connectivity index (χ1v) is 3.25. The van der Waals surface area contributed by atoms with Crippen LogP contribution in [0.25, 0.3) is 4.85 Å². The van der Waals surface area contributed by atoms with Crippen molar-refractivity contribution in [1.29, 1.82) is 0 Å². The van der Waals surface area contributed by atoms with Gasteiger partial charge in [0.25, 0.3) is 0 Å². The van der Waals surface area contributed by atoms with Crippen molar-refractivity contribution in [3.63, 3.8) is 0 Å². The number of H-pyrrole nitrogens is 1. The Hall–Kier alpha value is -1.90. The average molecular weight is 166 g/mol. The Morgan fingerprint density at radius 1 is 1.83 bits per heavy atom. The van der Waals surface area contributed by atoms with Gasteiger partial charge in [-0.15, -0.1) is 11.6 Å². The Bertz CT molecular complexity index is 325. The molecular formula is C6H6N4O2. The highest BCUT2D eigenvalue weighted by Gasteiger charge is 2.15. The van der Waals surface area contributed by atoms with E-state index in [0.29, 0.717) is 0 Å². The molecule has 0 bridgehead atoms. The fraction of sp³-hybridized carbons (Fsp3) is 0.333. The molecule has 1 N–H and O–H groups in total. The first kappa shape index (κ1) is 8.20. The number of esters is 1. The third kappa shape index (κ3) is 1.58. The van der Waals surface area contributed by atoms with Crippen LogP contribution >= 0.6 is 0 Å². The molecule has 1 heterocycles. The molecule has 0 saturated carbocycles. The van der Waals surface area contributed by atoms with Gasteiger partial charge in [0.1, 0.15) is 0 Å². The molecule has 6 heteroatoms. The zero-order valence-corrected chi connectivity index (χ0v) is 6.37. The Labute approximate surface area is 68.4 Å². The van der Waals surface area contributed by atoms with E-state index in [1.807, 2.05) is 0 Å². The van der Waals surface area contributed by atoms with Gasteiger partial charge in [0.2, 0.25) is 0 Å². The second kappa shape index (κ2) is 3.48. The molecule has 12 heavy (non-hydrogen) atoms. The molecule has 1 aromatic heterocycles. The lowest BCUT2D eigenvalue weighted by atomic mass is 10.6. The lowest BCUT2D eigenvalue weighted by Gasteiger charge is -1.91. The van der Waals surface area contributed by atoms with Crippen molar-refractivity contribution in [2.75, 3.05) is 6.61 Å². The minimum absolute atomic E-state index is 0.0157. The molecule has 0 aliphatic carbocycles. The van der Waals surface area contributed by atoms with Gasteiger partial charge in [-0.05, 0) is 6.92 Å². The SMILES string of the molecule is [C-]#[N+]c1nc(C(=O)OCC)n[nH]1. The number of hydrogen-bond donors (Lipinski definition) is 1. The summed E-state index contributed by atoms with van der Waals surface area (Å²) in [7, 11) is 0. The van der Waals surface area contributed by atoms with Gasteiger partial charge in [-0.3, -0.25) is 0 Å². The molecule has 0 atom stereocenters. The number of rotatable bonds is 2. The van der Waals surface area contributed by atoms with Crippen LogP contribution in [0.3, 0.4) is 0 Å². The smallest absolute Gasteiger partial charge is 0.395 e. The van der Waals surface area contributed by atoms with Gasteiger partial charge in [0.15, 0.2) is 0 Å². The third-order valence-electron chi connectivity index (χ3n) is 1.04. The summed E-state index contributed by atoms with van der Waals surface area (Å²) in [6.07, 6.45) is 0. The number of nitrogens with zero attached hydrogens (tertiary/aromatic N) is 3. The minimum atomic E-state index is -0.622. The summed E-state index contributed by atoms with van der Waals surface area (Å²) >= 11 is 0. The lowest BCUT2D eigenvalue weighted by Crippen LogP contribution is -2.06. The van der Waals surface area contributed by atoms with E-state index in [2.05, 4.69) is 24.8 Å². The summed E-state index contributed by atoms with van der Waals surface area (Å²) in [5, 5.41) is 5.76. The van der Waals surface area contributed by atoms with Gasteiger partial charge in [-0.25, -0.2) is 9.89 Å². The lowest BCUT2D eigenvalue weighted by molar-refractivity contribution is 0.0512. The first-order chi connectivity index (χ1) is 5.77. The van der Waals surface area contributed by atoms with E-state index in [1.165, 1.54) is 0 Å². The van der Waals surface area contributed by atoms with E-state index in [9.17, 15) is 4.79 Å². The fourth-order valence-corrected chi connectivity index (χ4v) is 0.590. The summed E-state index contributed by atoms with van der Waals surface area (Å²) in [4.78, 5) is 17.4. The number of aromatic nitrogens is 3. The number of ether oxygens (including phenoxy) is 1. The van der Waals surface area contributed by atoms with E-state index in [4.69, 9.17) is 6.57 Å². The Balaban J connectivity index is 2.76. The molecule has 62 valence electrons. The van der Waals surface area contributed by atoms with E-state index in [1.54, 1.807) is 6.92 Å². The second-order valence-electron chi connectivity index (χ2n) is 1.81. The molecule has 0 fully saturated rings. The number of carbonyl (C=O) groups excluding carboxylic acids is 1. The number of nitrogens with one attached hydrogen (secondary N) is 1. The molecule has 1 rings (SSSR count). The van der Waals surface area contributed by atoms with Gasteiger partial charge >= 0.3 is 17.7 Å². The zero-order chi connectivity index (χ0) is 8.97. The highest BCUT2D eigenvalue weighted by Crippen LogP contribution is 2.02. The maximum atomic E-state index is 10.9. The van der Waals surface area contributed by atoms with Crippen LogP contribution in [0.1, 0.15) is 17.5 Å². The summed E-state index contributed by atoms with van der Waals surface area (Å²) in [5.41, 5.74) is 0. The van der Waals surface area contributed by atoms with Crippen LogP contribution in [0.4, 0.5) is 5.95 Å². The molecule has 6 nitrogen and oxygen atoms in total. The predicted octanol–water partition coefficient (Wildman–Crippen LogP) is 0.532. The van der Waals surface area contributed by atoms with Crippen LogP contribution in [0.2, 0.25) is 0 Å². The van der Waals surface area contributed by atoms with Crippen molar-refractivity contribution in [3.05, 3.63) is 17.2 Å². The van der Waals surface area contributed by atoms with E-state index in [-0.39, 0.29) is 18.4 Å². The molecule has 0 saturated heterocycles. The topological polar surface area (TPSA) is 72.2 Å². The van der Waals surface area contributed by atoms with Crippen molar-refractivity contribution in [2.45, 2.75) is 6.92 Å².